The minimum Gasteiger partial charge on any atom is -0.331 e. The molecule has 5 heteroatoms. The third-order valence-corrected chi connectivity index (χ3v) is 3.62. The Labute approximate surface area is 128 Å². The van der Waals surface area contributed by atoms with Crippen LogP contribution in [0.25, 0.3) is 11.0 Å². The van der Waals surface area contributed by atoms with Crippen LogP contribution >= 0.6 is 12.2 Å². The van der Waals surface area contributed by atoms with Crippen LogP contribution in [0.3, 0.4) is 0 Å². The molecule has 0 saturated heterocycles. The molecule has 0 unspecified atom stereocenters. The molecule has 0 amide bonds. The van der Waals surface area contributed by atoms with Crippen molar-refractivity contribution in [2.75, 3.05) is 5.32 Å². The lowest BCUT2D eigenvalue weighted by Crippen LogP contribution is -2.25. The minimum atomic E-state index is 0.447. The summed E-state index contributed by atoms with van der Waals surface area (Å²) < 4.78 is 4.07. The molecule has 0 aliphatic carbocycles. The summed E-state index contributed by atoms with van der Waals surface area (Å²) in [4.78, 5) is 4.54. The zero-order chi connectivity index (χ0) is 14.8. The molecule has 0 spiro atoms. The van der Waals surface area contributed by atoms with E-state index in [1.54, 1.807) is 0 Å². The van der Waals surface area contributed by atoms with Crippen molar-refractivity contribution in [3.8, 4) is 0 Å². The lowest BCUT2D eigenvalue weighted by atomic mass is 10.3. The standard InChI is InChI=1S/C16H16N4S/c1-19-13-10-6-7-11-14(13)20(2)16(19)18-15(21)17-12-8-4-3-5-9-12/h3-11H,1-2H3,(H,17,21). The highest BCUT2D eigenvalue weighted by Gasteiger charge is 2.05. The van der Waals surface area contributed by atoms with Crippen LogP contribution in [0.4, 0.5) is 5.69 Å². The Morgan fingerprint density at radius 3 is 2.00 bits per heavy atom. The van der Waals surface area contributed by atoms with Gasteiger partial charge in [0.2, 0.25) is 10.7 Å². The first-order valence-electron chi connectivity index (χ1n) is 6.68. The lowest BCUT2D eigenvalue weighted by molar-refractivity contribution is 0.768. The normalized spacial score (nSPS) is 10.6. The molecule has 1 N–H and O–H groups in total. The highest BCUT2D eigenvalue weighted by molar-refractivity contribution is 7.80. The van der Waals surface area contributed by atoms with Crippen molar-refractivity contribution in [2.45, 2.75) is 0 Å². The van der Waals surface area contributed by atoms with Crippen molar-refractivity contribution >= 4 is 34.1 Å². The Bertz CT molecular complexity index is 817. The van der Waals surface area contributed by atoms with Crippen molar-refractivity contribution in [1.82, 2.24) is 9.13 Å². The van der Waals surface area contributed by atoms with Crippen LogP contribution in [0.2, 0.25) is 0 Å². The van der Waals surface area contributed by atoms with Crippen molar-refractivity contribution in [3.05, 3.63) is 60.2 Å². The van der Waals surface area contributed by atoms with E-state index >= 15 is 0 Å². The summed E-state index contributed by atoms with van der Waals surface area (Å²) in [6.45, 7) is 0. The second-order valence-corrected chi connectivity index (χ2v) is 5.20. The maximum Gasteiger partial charge on any atom is 0.212 e. The summed E-state index contributed by atoms with van der Waals surface area (Å²) >= 11 is 5.34. The fraction of sp³-hybridized carbons (Fsp3) is 0.125. The summed E-state index contributed by atoms with van der Waals surface area (Å²) in [6.07, 6.45) is 0. The fourth-order valence-corrected chi connectivity index (χ4v) is 2.59. The molecule has 3 aromatic rings. The van der Waals surface area contributed by atoms with Gasteiger partial charge in [0, 0.05) is 19.8 Å². The zero-order valence-corrected chi connectivity index (χ0v) is 12.8. The molecule has 3 rings (SSSR count). The lowest BCUT2D eigenvalue weighted by Gasteiger charge is -2.03. The fourth-order valence-electron chi connectivity index (χ4n) is 2.39. The van der Waals surface area contributed by atoms with Gasteiger partial charge < -0.3 is 14.5 Å². The molecule has 0 saturated carbocycles. The van der Waals surface area contributed by atoms with E-state index in [-0.39, 0.29) is 0 Å². The second kappa shape index (κ2) is 5.54. The van der Waals surface area contributed by atoms with Gasteiger partial charge in [0.15, 0.2) is 0 Å². The molecule has 0 fully saturated rings. The molecule has 0 atom stereocenters. The smallest absolute Gasteiger partial charge is 0.212 e. The first-order chi connectivity index (χ1) is 10.2. The number of para-hydroxylation sites is 3. The zero-order valence-electron chi connectivity index (χ0n) is 11.9. The summed E-state index contributed by atoms with van der Waals surface area (Å²) in [5, 5.41) is 3.57. The Hall–Kier alpha value is -2.40. The van der Waals surface area contributed by atoms with Crippen molar-refractivity contribution < 1.29 is 0 Å². The molecular formula is C16H16N4S. The Morgan fingerprint density at radius 2 is 1.43 bits per heavy atom. The van der Waals surface area contributed by atoms with E-state index in [1.807, 2.05) is 65.7 Å². The van der Waals surface area contributed by atoms with Crippen LogP contribution < -0.4 is 10.9 Å². The van der Waals surface area contributed by atoms with Crippen LogP contribution in [0.1, 0.15) is 0 Å². The molecule has 21 heavy (non-hydrogen) atoms. The largest absolute Gasteiger partial charge is 0.331 e. The van der Waals surface area contributed by atoms with Crippen molar-refractivity contribution in [2.24, 2.45) is 19.1 Å². The van der Waals surface area contributed by atoms with E-state index in [2.05, 4.69) is 22.4 Å². The Balaban J connectivity index is 2.02. The molecule has 0 aliphatic heterocycles. The minimum absolute atomic E-state index is 0.447. The summed E-state index contributed by atoms with van der Waals surface area (Å²) in [6, 6.07) is 18.0. The molecule has 4 nitrogen and oxygen atoms in total. The summed E-state index contributed by atoms with van der Waals surface area (Å²) in [7, 11) is 3.98. The third-order valence-electron chi connectivity index (χ3n) is 3.43. The SMILES string of the molecule is Cn1c(=NC(=S)Nc2ccccc2)n(C)c2ccccc21. The quantitative estimate of drug-likeness (QED) is 0.701. The van der Waals surface area contributed by atoms with Crippen LogP contribution in [0.15, 0.2) is 59.6 Å². The predicted octanol–water partition coefficient (Wildman–Crippen LogP) is 2.81. The van der Waals surface area contributed by atoms with E-state index in [4.69, 9.17) is 12.2 Å². The highest BCUT2D eigenvalue weighted by Crippen LogP contribution is 2.10. The number of nitrogens with one attached hydrogen (secondary N) is 1. The average molecular weight is 296 g/mol. The monoisotopic (exact) mass is 296 g/mol. The van der Waals surface area contributed by atoms with Crippen LogP contribution in [0.5, 0.6) is 0 Å². The van der Waals surface area contributed by atoms with E-state index < -0.39 is 0 Å². The number of thiocarbonyl (C=S) groups is 1. The van der Waals surface area contributed by atoms with Crippen LogP contribution in [-0.4, -0.2) is 14.2 Å². The molecular weight excluding hydrogens is 280 g/mol. The molecule has 0 bridgehead atoms. The first kappa shape index (κ1) is 13.6. The van der Waals surface area contributed by atoms with E-state index in [9.17, 15) is 0 Å². The van der Waals surface area contributed by atoms with Crippen molar-refractivity contribution in [3.63, 3.8) is 0 Å². The third kappa shape index (κ3) is 2.60. The summed E-state index contributed by atoms with van der Waals surface area (Å²) in [5.41, 5.74) is 4.00. The van der Waals surface area contributed by atoms with Crippen LogP contribution in [0, 0.1) is 0 Å². The van der Waals surface area contributed by atoms with Gasteiger partial charge in [-0.1, -0.05) is 30.3 Å². The van der Waals surface area contributed by atoms with E-state index in [0.29, 0.717) is 5.11 Å². The summed E-state index contributed by atoms with van der Waals surface area (Å²) in [5.74, 6) is 0. The number of hydrogen-bond donors (Lipinski definition) is 1. The number of rotatable bonds is 1. The van der Waals surface area contributed by atoms with Gasteiger partial charge in [0.1, 0.15) is 0 Å². The highest BCUT2D eigenvalue weighted by atomic mass is 32.1. The number of aromatic nitrogens is 2. The molecule has 0 radical (unpaired) electrons. The van der Waals surface area contributed by atoms with E-state index in [0.717, 1.165) is 22.3 Å². The van der Waals surface area contributed by atoms with Gasteiger partial charge >= 0.3 is 0 Å². The number of anilines is 1. The number of nitrogens with zero attached hydrogens (tertiary/aromatic N) is 3. The number of aryl methyl sites for hydroxylation is 2. The van der Waals surface area contributed by atoms with Gasteiger partial charge in [-0.25, -0.2) is 0 Å². The van der Waals surface area contributed by atoms with Gasteiger partial charge in [-0.05, 0) is 36.5 Å². The van der Waals surface area contributed by atoms with Gasteiger partial charge in [-0.15, -0.1) is 0 Å². The number of imidazole rings is 1. The van der Waals surface area contributed by atoms with Gasteiger partial charge in [-0.3, -0.25) is 0 Å². The number of benzene rings is 2. The average Bonchev–Trinajstić information content (AvgIpc) is 2.74. The predicted molar refractivity (Wildman–Crippen MR) is 90.1 cm³/mol. The van der Waals surface area contributed by atoms with Crippen molar-refractivity contribution in [1.29, 1.82) is 0 Å². The Morgan fingerprint density at radius 1 is 0.905 bits per heavy atom. The molecule has 0 aliphatic rings. The maximum atomic E-state index is 5.34. The van der Waals surface area contributed by atoms with Gasteiger partial charge in [0.25, 0.3) is 0 Å². The van der Waals surface area contributed by atoms with Gasteiger partial charge in [0.05, 0.1) is 11.0 Å². The van der Waals surface area contributed by atoms with Gasteiger partial charge in [-0.2, -0.15) is 4.99 Å². The first-order valence-corrected chi connectivity index (χ1v) is 7.09. The number of fused-ring (bicyclic) bond motifs is 1. The molecule has 106 valence electrons. The van der Waals surface area contributed by atoms with E-state index in [1.165, 1.54) is 0 Å². The number of hydrogen-bond acceptors (Lipinski definition) is 1. The molecule has 1 heterocycles. The topological polar surface area (TPSA) is 34.2 Å². The maximum absolute atomic E-state index is 5.34. The Kier molecular flexibility index (Phi) is 3.58. The molecule has 2 aromatic carbocycles. The van der Waals surface area contributed by atoms with Crippen LogP contribution in [-0.2, 0) is 14.1 Å². The second-order valence-electron chi connectivity index (χ2n) is 4.81. The molecule has 1 aromatic heterocycles.